The monoisotopic (exact) mass is 279 g/mol. The highest BCUT2D eigenvalue weighted by atomic mass is 32.1. The molecule has 0 radical (unpaired) electrons. The Bertz CT molecular complexity index is 737. The lowest BCUT2D eigenvalue weighted by atomic mass is 10.1. The number of carbonyl (C=O) groups excluding carboxylic acids is 1. The number of H-pyrrole nitrogens is 2. The van der Waals surface area contributed by atoms with Gasteiger partial charge in [-0.1, -0.05) is 0 Å². The summed E-state index contributed by atoms with van der Waals surface area (Å²) in [5.74, 6) is 0.0531. The fourth-order valence-electron chi connectivity index (χ4n) is 2.29. The second-order valence-electron chi connectivity index (χ2n) is 4.55. The molecule has 19 heavy (non-hydrogen) atoms. The number of fused-ring (bicyclic) bond motifs is 1. The summed E-state index contributed by atoms with van der Waals surface area (Å²) in [7, 11) is 0. The average molecular weight is 279 g/mol. The first-order chi connectivity index (χ1) is 9.16. The van der Waals surface area contributed by atoms with Crippen LogP contribution in [0.15, 0.2) is 11.0 Å². The summed E-state index contributed by atoms with van der Waals surface area (Å²) in [4.78, 5) is 33.0. The van der Waals surface area contributed by atoms with Crippen molar-refractivity contribution in [2.75, 3.05) is 13.1 Å². The molecule has 1 fully saturated rings. The van der Waals surface area contributed by atoms with Crippen LogP contribution in [0.2, 0.25) is 0 Å². The van der Waals surface area contributed by atoms with Crippen molar-refractivity contribution in [1.29, 1.82) is 0 Å². The van der Waals surface area contributed by atoms with Crippen LogP contribution in [-0.4, -0.2) is 43.5 Å². The summed E-state index contributed by atoms with van der Waals surface area (Å²) in [5, 5.41) is 2.66. The third kappa shape index (κ3) is 2.07. The highest BCUT2D eigenvalue weighted by Gasteiger charge is 2.22. The Morgan fingerprint density at radius 3 is 2.79 bits per heavy atom. The van der Waals surface area contributed by atoms with Crippen molar-refractivity contribution in [3.05, 3.63) is 26.9 Å². The SMILES string of the molecule is O=C(c1cnc2[nH]c(=S)[nH]n2c1=O)N1CCCCC1. The molecule has 0 atom stereocenters. The summed E-state index contributed by atoms with van der Waals surface area (Å²) >= 11 is 4.90. The quantitative estimate of drug-likeness (QED) is 0.753. The van der Waals surface area contributed by atoms with E-state index >= 15 is 0 Å². The molecule has 100 valence electrons. The van der Waals surface area contributed by atoms with Gasteiger partial charge in [-0.2, -0.15) is 4.52 Å². The van der Waals surface area contributed by atoms with Gasteiger partial charge in [0, 0.05) is 19.3 Å². The van der Waals surface area contributed by atoms with Crippen molar-refractivity contribution in [3.63, 3.8) is 0 Å². The number of likely N-dealkylation sites (tertiary alicyclic amines) is 1. The maximum Gasteiger partial charge on any atom is 0.286 e. The predicted octanol–water partition coefficient (Wildman–Crippen LogP) is 0.706. The molecule has 1 aliphatic heterocycles. The van der Waals surface area contributed by atoms with E-state index in [0.717, 1.165) is 19.3 Å². The van der Waals surface area contributed by atoms with E-state index in [0.29, 0.717) is 23.6 Å². The van der Waals surface area contributed by atoms with E-state index in [1.807, 2.05) is 0 Å². The minimum atomic E-state index is -0.423. The van der Waals surface area contributed by atoms with Gasteiger partial charge in [-0.25, -0.2) is 4.98 Å². The van der Waals surface area contributed by atoms with Gasteiger partial charge in [0.25, 0.3) is 11.5 Å². The van der Waals surface area contributed by atoms with Crippen LogP contribution in [0.1, 0.15) is 29.6 Å². The van der Waals surface area contributed by atoms with Gasteiger partial charge in [0.05, 0.1) is 0 Å². The minimum Gasteiger partial charge on any atom is -0.338 e. The van der Waals surface area contributed by atoms with Crippen LogP contribution < -0.4 is 5.56 Å². The van der Waals surface area contributed by atoms with Crippen LogP contribution in [0.25, 0.3) is 5.78 Å². The van der Waals surface area contributed by atoms with Crippen molar-refractivity contribution < 1.29 is 4.79 Å². The molecule has 2 aromatic heterocycles. The fourth-order valence-corrected chi connectivity index (χ4v) is 2.47. The highest BCUT2D eigenvalue weighted by Crippen LogP contribution is 2.11. The van der Waals surface area contributed by atoms with E-state index in [9.17, 15) is 9.59 Å². The number of carbonyl (C=O) groups is 1. The molecule has 1 aliphatic rings. The lowest BCUT2D eigenvalue weighted by Gasteiger charge is -2.26. The topological polar surface area (TPSA) is 86.3 Å². The second-order valence-corrected chi connectivity index (χ2v) is 4.96. The molecular formula is C11H13N5O2S. The summed E-state index contributed by atoms with van der Waals surface area (Å²) in [6.45, 7) is 1.40. The average Bonchev–Trinajstić information content (AvgIpc) is 2.81. The van der Waals surface area contributed by atoms with Gasteiger partial charge in [-0.15, -0.1) is 0 Å². The number of nitrogens with zero attached hydrogens (tertiary/aromatic N) is 3. The van der Waals surface area contributed by atoms with Crippen molar-refractivity contribution >= 4 is 23.9 Å². The lowest BCUT2D eigenvalue weighted by Crippen LogP contribution is -2.39. The van der Waals surface area contributed by atoms with Gasteiger partial charge in [-0.05, 0) is 31.5 Å². The van der Waals surface area contributed by atoms with Gasteiger partial charge in [0.15, 0.2) is 4.77 Å². The zero-order valence-electron chi connectivity index (χ0n) is 10.2. The summed E-state index contributed by atoms with van der Waals surface area (Å²) < 4.78 is 1.46. The number of hydrogen-bond donors (Lipinski definition) is 2. The van der Waals surface area contributed by atoms with Crippen LogP contribution in [0.3, 0.4) is 0 Å². The minimum absolute atomic E-state index is 0.0738. The maximum atomic E-state index is 12.3. The molecule has 0 aliphatic carbocycles. The standard InChI is InChI=1S/C11H13N5O2S/c17-8(15-4-2-1-3-5-15)7-6-12-10-13-11(19)14-16(10)9(7)18/h6H,1-5H2,(H2,12,13,14,19). The molecule has 7 nitrogen and oxygen atoms in total. The van der Waals surface area contributed by atoms with Gasteiger partial charge in [0.2, 0.25) is 5.78 Å². The second kappa shape index (κ2) is 4.61. The van der Waals surface area contributed by atoms with Gasteiger partial charge in [0.1, 0.15) is 5.56 Å². The first kappa shape index (κ1) is 12.1. The van der Waals surface area contributed by atoms with Gasteiger partial charge < -0.3 is 4.90 Å². The molecule has 1 amide bonds. The molecule has 0 saturated carbocycles. The fraction of sp³-hybridized carbons (Fsp3) is 0.455. The first-order valence-corrected chi connectivity index (χ1v) is 6.57. The van der Waals surface area contributed by atoms with Gasteiger partial charge in [-0.3, -0.25) is 19.7 Å². The maximum absolute atomic E-state index is 12.3. The van der Waals surface area contributed by atoms with E-state index in [4.69, 9.17) is 12.2 Å². The molecule has 3 heterocycles. The summed E-state index contributed by atoms with van der Waals surface area (Å²) in [5.41, 5.74) is -0.349. The van der Waals surface area contributed by atoms with E-state index < -0.39 is 5.56 Å². The van der Waals surface area contributed by atoms with Crippen molar-refractivity contribution in [2.45, 2.75) is 19.3 Å². The molecule has 3 rings (SSSR count). The van der Waals surface area contributed by atoms with E-state index in [1.165, 1.54) is 10.7 Å². The predicted molar refractivity (Wildman–Crippen MR) is 70.8 cm³/mol. The molecular weight excluding hydrogens is 266 g/mol. The molecule has 0 unspecified atom stereocenters. The molecule has 0 bridgehead atoms. The van der Waals surface area contributed by atoms with Crippen LogP contribution in [0.4, 0.5) is 0 Å². The van der Waals surface area contributed by atoms with Crippen LogP contribution in [0.5, 0.6) is 0 Å². The third-order valence-corrected chi connectivity index (χ3v) is 3.47. The Hall–Kier alpha value is -1.96. The Labute approximate surface area is 113 Å². The Kier molecular flexibility index (Phi) is 2.94. The summed E-state index contributed by atoms with van der Waals surface area (Å²) in [6, 6.07) is 0. The third-order valence-electron chi connectivity index (χ3n) is 3.27. The Morgan fingerprint density at radius 1 is 1.32 bits per heavy atom. The van der Waals surface area contributed by atoms with Crippen LogP contribution in [0, 0.1) is 4.77 Å². The number of aromatic amines is 2. The number of amides is 1. The zero-order valence-corrected chi connectivity index (χ0v) is 11.0. The molecule has 0 aromatic carbocycles. The molecule has 1 saturated heterocycles. The lowest BCUT2D eigenvalue weighted by molar-refractivity contribution is 0.0721. The largest absolute Gasteiger partial charge is 0.338 e. The number of nitrogens with one attached hydrogen (secondary N) is 2. The number of aromatic nitrogens is 4. The van der Waals surface area contributed by atoms with Crippen LogP contribution >= 0.6 is 12.2 Å². The highest BCUT2D eigenvalue weighted by molar-refractivity contribution is 7.71. The van der Waals surface area contributed by atoms with Crippen LogP contribution in [-0.2, 0) is 0 Å². The summed E-state index contributed by atoms with van der Waals surface area (Å²) in [6.07, 6.45) is 4.41. The molecule has 2 N–H and O–H groups in total. The van der Waals surface area contributed by atoms with E-state index in [2.05, 4.69) is 15.1 Å². The van der Waals surface area contributed by atoms with Crippen molar-refractivity contribution in [2.24, 2.45) is 0 Å². The first-order valence-electron chi connectivity index (χ1n) is 6.16. The molecule has 8 heteroatoms. The van der Waals surface area contributed by atoms with E-state index in [1.54, 1.807) is 4.90 Å². The van der Waals surface area contributed by atoms with E-state index in [-0.39, 0.29) is 11.5 Å². The zero-order chi connectivity index (χ0) is 13.4. The number of piperidine rings is 1. The molecule has 2 aromatic rings. The van der Waals surface area contributed by atoms with Gasteiger partial charge >= 0.3 is 0 Å². The normalized spacial score (nSPS) is 15.9. The number of hydrogen-bond acceptors (Lipinski definition) is 4. The van der Waals surface area contributed by atoms with Crippen molar-refractivity contribution in [3.8, 4) is 0 Å². The molecule has 0 spiro atoms. The Morgan fingerprint density at radius 2 is 2.05 bits per heavy atom. The van der Waals surface area contributed by atoms with Crippen molar-refractivity contribution in [1.82, 2.24) is 24.5 Å². The Balaban J connectivity index is 2.04. The number of rotatable bonds is 1. The smallest absolute Gasteiger partial charge is 0.286 e.